The van der Waals surface area contributed by atoms with Crippen LogP contribution in [0, 0.1) is 0 Å². The van der Waals surface area contributed by atoms with Crippen LogP contribution in [-0.2, 0) is 6.42 Å². The molecule has 0 amide bonds. The van der Waals surface area contributed by atoms with Gasteiger partial charge in [0.1, 0.15) is 5.75 Å². The van der Waals surface area contributed by atoms with E-state index in [2.05, 4.69) is 43.4 Å². The average Bonchev–Trinajstić information content (AvgIpc) is 2.70. The first-order valence-electron chi connectivity index (χ1n) is 8.02. The van der Waals surface area contributed by atoms with E-state index >= 15 is 0 Å². The molecule has 0 bridgehead atoms. The molecule has 0 heterocycles. The first kappa shape index (κ1) is 13.5. The number of ether oxygens (including phenoxy) is 1. The third-order valence-electron chi connectivity index (χ3n) is 4.44. The highest BCUT2D eigenvalue weighted by Crippen LogP contribution is 2.27. The minimum atomic E-state index is 0.431. The van der Waals surface area contributed by atoms with Crippen LogP contribution in [0.4, 0.5) is 0 Å². The zero-order chi connectivity index (χ0) is 13.8. The van der Waals surface area contributed by atoms with Crippen LogP contribution in [0.15, 0.2) is 35.9 Å². The van der Waals surface area contributed by atoms with Gasteiger partial charge in [0, 0.05) is 0 Å². The van der Waals surface area contributed by atoms with E-state index in [-0.39, 0.29) is 0 Å². The Kier molecular flexibility index (Phi) is 4.25. The molecule has 0 atom stereocenters. The van der Waals surface area contributed by atoms with Gasteiger partial charge in [0.05, 0.1) is 6.10 Å². The number of benzene rings is 1. The molecule has 0 unspecified atom stereocenters. The predicted octanol–water partition coefficient (Wildman–Crippen LogP) is 5.30. The van der Waals surface area contributed by atoms with Crippen molar-refractivity contribution in [2.75, 3.05) is 0 Å². The Morgan fingerprint density at radius 3 is 2.75 bits per heavy atom. The fourth-order valence-electron chi connectivity index (χ4n) is 3.13. The molecule has 1 saturated carbocycles. The van der Waals surface area contributed by atoms with Gasteiger partial charge in [0.15, 0.2) is 0 Å². The predicted molar refractivity (Wildman–Crippen MR) is 85.1 cm³/mol. The van der Waals surface area contributed by atoms with E-state index < -0.39 is 0 Å². The monoisotopic (exact) mass is 268 g/mol. The molecule has 0 aromatic heterocycles. The molecular formula is C19H24O. The van der Waals surface area contributed by atoms with Gasteiger partial charge in [-0.1, -0.05) is 43.2 Å². The van der Waals surface area contributed by atoms with Crippen molar-refractivity contribution in [3.63, 3.8) is 0 Å². The Labute approximate surface area is 122 Å². The van der Waals surface area contributed by atoms with Crippen LogP contribution in [0.3, 0.4) is 0 Å². The molecular weight excluding hydrogens is 244 g/mol. The van der Waals surface area contributed by atoms with Crippen LogP contribution in [0.5, 0.6) is 5.75 Å². The molecule has 2 aliphatic rings. The van der Waals surface area contributed by atoms with Gasteiger partial charge in [-0.05, 0) is 61.8 Å². The smallest absolute Gasteiger partial charge is 0.120 e. The van der Waals surface area contributed by atoms with Crippen molar-refractivity contribution >= 4 is 6.08 Å². The van der Waals surface area contributed by atoms with Crippen molar-refractivity contribution in [1.29, 1.82) is 0 Å². The molecule has 1 fully saturated rings. The fraction of sp³-hybridized carbons (Fsp3) is 0.474. The minimum Gasteiger partial charge on any atom is -0.490 e. The van der Waals surface area contributed by atoms with E-state index in [1.807, 2.05) is 0 Å². The third kappa shape index (κ3) is 3.15. The average molecular weight is 268 g/mol. The van der Waals surface area contributed by atoms with E-state index in [1.165, 1.54) is 48.8 Å². The van der Waals surface area contributed by atoms with Gasteiger partial charge >= 0.3 is 0 Å². The topological polar surface area (TPSA) is 9.23 Å². The van der Waals surface area contributed by atoms with Crippen LogP contribution in [0.25, 0.3) is 6.08 Å². The summed E-state index contributed by atoms with van der Waals surface area (Å²) >= 11 is 0. The van der Waals surface area contributed by atoms with E-state index in [0.29, 0.717) is 6.10 Å². The van der Waals surface area contributed by atoms with Gasteiger partial charge in [-0.25, -0.2) is 0 Å². The number of fused-ring (bicyclic) bond motifs is 1. The Morgan fingerprint density at radius 1 is 1.10 bits per heavy atom. The molecule has 1 nitrogen and oxygen atoms in total. The van der Waals surface area contributed by atoms with Gasteiger partial charge in [0.25, 0.3) is 0 Å². The summed E-state index contributed by atoms with van der Waals surface area (Å²) in [5.41, 5.74) is 4.15. The maximum absolute atomic E-state index is 6.16. The van der Waals surface area contributed by atoms with Crippen LogP contribution in [0.1, 0.15) is 56.6 Å². The lowest BCUT2D eigenvalue weighted by atomic mass is 9.97. The minimum absolute atomic E-state index is 0.431. The highest BCUT2D eigenvalue weighted by atomic mass is 16.5. The van der Waals surface area contributed by atoms with Crippen molar-refractivity contribution < 1.29 is 4.74 Å². The highest BCUT2D eigenvalue weighted by Gasteiger charge is 2.15. The second-order valence-electron chi connectivity index (χ2n) is 5.91. The van der Waals surface area contributed by atoms with Gasteiger partial charge in [0.2, 0.25) is 0 Å². The first-order valence-corrected chi connectivity index (χ1v) is 8.02. The summed E-state index contributed by atoms with van der Waals surface area (Å²) in [6.45, 7) is 2.21. The Hall–Kier alpha value is -1.50. The highest BCUT2D eigenvalue weighted by molar-refractivity contribution is 5.61. The van der Waals surface area contributed by atoms with Crippen LogP contribution in [-0.4, -0.2) is 6.10 Å². The molecule has 1 aromatic carbocycles. The van der Waals surface area contributed by atoms with Gasteiger partial charge in [-0.3, -0.25) is 0 Å². The summed E-state index contributed by atoms with van der Waals surface area (Å²) in [6, 6.07) is 6.59. The number of hydrogen-bond donors (Lipinski definition) is 0. The maximum atomic E-state index is 6.16. The fourth-order valence-corrected chi connectivity index (χ4v) is 3.13. The Morgan fingerprint density at radius 2 is 1.95 bits per heavy atom. The van der Waals surface area contributed by atoms with E-state index in [4.69, 9.17) is 4.74 Å². The van der Waals surface area contributed by atoms with Gasteiger partial charge < -0.3 is 4.74 Å². The lowest BCUT2D eigenvalue weighted by Gasteiger charge is -2.23. The Bertz CT molecular complexity index is 519. The normalized spacial score (nSPS) is 19.1. The molecule has 2 aliphatic carbocycles. The molecule has 0 radical (unpaired) electrons. The summed E-state index contributed by atoms with van der Waals surface area (Å²) in [7, 11) is 0. The van der Waals surface area contributed by atoms with Gasteiger partial charge in [-0.15, -0.1) is 0 Å². The van der Waals surface area contributed by atoms with Crippen molar-refractivity contribution in [2.45, 2.75) is 58.0 Å². The van der Waals surface area contributed by atoms with E-state index in [1.54, 1.807) is 0 Å². The molecule has 0 N–H and O–H groups in total. The van der Waals surface area contributed by atoms with Crippen LogP contribution in [0.2, 0.25) is 0 Å². The van der Waals surface area contributed by atoms with Crippen molar-refractivity contribution in [1.82, 2.24) is 0 Å². The van der Waals surface area contributed by atoms with E-state index in [0.717, 1.165) is 18.6 Å². The lowest BCUT2D eigenvalue weighted by molar-refractivity contribution is 0.155. The number of rotatable bonds is 3. The molecule has 1 aromatic rings. The van der Waals surface area contributed by atoms with Crippen LogP contribution >= 0.6 is 0 Å². The summed E-state index contributed by atoms with van der Waals surface area (Å²) in [5.74, 6) is 1.04. The molecule has 0 spiro atoms. The number of hydrogen-bond acceptors (Lipinski definition) is 1. The molecule has 106 valence electrons. The summed E-state index contributed by atoms with van der Waals surface area (Å²) < 4.78 is 6.16. The SMILES string of the molecule is CCC1=CCc2ccc(OC3CCCCC3)cc2C=C1. The second kappa shape index (κ2) is 6.30. The molecule has 1 heteroatoms. The Balaban J connectivity index is 1.75. The summed E-state index contributed by atoms with van der Waals surface area (Å²) in [5, 5.41) is 0. The zero-order valence-electron chi connectivity index (χ0n) is 12.4. The molecule has 20 heavy (non-hydrogen) atoms. The largest absolute Gasteiger partial charge is 0.490 e. The van der Waals surface area contributed by atoms with Gasteiger partial charge in [-0.2, -0.15) is 0 Å². The summed E-state index contributed by atoms with van der Waals surface area (Å²) in [4.78, 5) is 0. The molecule has 3 rings (SSSR count). The first-order chi connectivity index (χ1) is 9.85. The summed E-state index contributed by atoms with van der Waals surface area (Å²) in [6.07, 6.45) is 15.8. The molecule has 0 saturated heterocycles. The third-order valence-corrected chi connectivity index (χ3v) is 4.44. The standard InChI is InChI=1S/C19H24O/c1-2-15-8-10-16-12-13-19(14-17(16)11-9-15)20-18-6-4-3-5-7-18/h8-9,11-14,18H,2-7,10H2,1H3. The zero-order valence-corrected chi connectivity index (χ0v) is 12.4. The lowest BCUT2D eigenvalue weighted by Crippen LogP contribution is -2.19. The van der Waals surface area contributed by atoms with E-state index in [9.17, 15) is 0 Å². The van der Waals surface area contributed by atoms with Crippen molar-refractivity contribution in [3.8, 4) is 5.75 Å². The van der Waals surface area contributed by atoms with Crippen molar-refractivity contribution in [2.24, 2.45) is 0 Å². The number of allylic oxidation sites excluding steroid dienone is 3. The second-order valence-corrected chi connectivity index (χ2v) is 5.91. The van der Waals surface area contributed by atoms with Crippen molar-refractivity contribution in [3.05, 3.63) is 47.1 Å². The maximum Gasteiger partial charge on any atom is 0.120 e. The quantitative estimate of drug-likeness (QED) is 0.722. The molecule has 0 aliphatic heterocycles. The van der Waals surface area contributed by atoms with Crippen LogP contribution < -0.4 is 4.74 Å².